The van der Waals surface area contributed by atoms with E-state index in [0.717, 1.165) is 22.2 Å². The van der Waals surface area contributed by atoms with E-state index in [2.05, 4.69) is 19.1 Å². The number of hydrogen-bond donors (Lipinski definition) is 1. The molecule has 5 nitrogen and oxygen atoms in total. The number of aliphatic imine (C=N–C) groups is 1. The number of amidine groups is 1. The van der Waals surface area contributed by atoms with Crippen LogP contribution in [0.3, 0.4) is 0 Å². The number of hydrogen-bond acceptors (Lipinski definition) is 8. The Hall–Kier alpha value is -0.380. The molecule has 3 aliphatic rings. The van der Waals surface area contributed by atoms with Crippen LogP contribution in [0.25, 0.3) is 0 Å². The summed E-state index contributed by atoms with van der Waals surface area (Å²) in [5.74, 6) is 2.28. The minimum absolute atomic E-state index is 0.0498. The zero-order chi connectivity index (χ0) is 20.4. The molecule has 3 heterocycles. The van der Waals surface area contributed by atoms with Crippen molar-refractivity contribution >= 4 is 40.5 Å². The van der Waals surface area contributed by atoms with Gasteiger partial charge < -0.3 is 19.5 Å². The van der Waals surface area contributed by atoms with Gasteiger partial charge in [-0.1, -0.05) is 49.0 Å². The average Bonchev–Trinajstić information content (AvgIpc) is 3.18. The molecular formula is C21H30N2O3S3. The van der Waals surface area contributed by atoms with Crippen LogP contribution < -0.4 is 0 Å². The van der Waals surface area contributed by atoms with Crippen molar-refractivity contribution in [3.8, 4) is 0 Å². The normalized spacial score (nSPS) is 33.8. The molecule has 0 aliphatic carbocycles. The van der Waals surface area contributed by atoms with Gasteiger partial charge in [0.25, 0.3) is 0 Å². The quantitative estimate of drug-likeness (QED) is 0.730. The summed E-state index contributed by atoms with van der Waals surface area (Å²) in [5.41, 5.74) is 1.04. The van der Waals surface area contributed by atoms with Crippen LogP contribution in [0.15, 0.2) is 35.3 Å². The lowest BCUT2D eigenvalue weighted by atomic mass is 9.87. The van der Waals surface area contributed by atoms with Crippen LogP contribution in [0.1, 0.15) is 18.9 Å². The van der Waals surface area contributed by atoms with Gasteiger partial charge in [-0.05, 0) is 23.5 Å². The molecule has 29 heavy (non-hydrogen) atoms. The average molecular weight is 455 g/mol. The smallest absolute Gasteiger partial charge is 0.161 e. The number of rotatable bonds is 5. The summed E-state index contributed by atoms with van der Waals surface area (Å²) in [6.45, 7) is 2.69. The second kappa shape index (κ2) is 9.83. The molecular weight excluding hydrogens is 424 g/mol. The molecule has 6 atom stereocenters. The molecule has 1 aromatic carbocycles. The minimum Gasteiger partial charge on any atom is -0.388 e. The number of nitrogens with zero attached hydrogens (tertiary/aromatic N) is 2. The Balaban J connectivity index is 1.52. The zero-order valence-electron chi connectivity index (χ0n) is 17.1. The van der Waals surface area contributed by atoms with Gasteiger partial charge in [0, 0.05) is 20.0 Å². The molecule has 0 radical (unpaired) electrons. The Morgan fingerprint density at radius 3 is 2.66 bits per heavy atom. The fraction of sp³-hybridized carbons (Fsp3) is 0.667. The van der Waals surface area contributed by atoms with E-state index in [-0.39, 0.29) is 34.2 Å². The first-order valence-electron chi connectivity index (χ1n) is 10.2. The van der Waals surface area contributed by atoms with Crippen LogP contribution in [-0.2, 0) is 16.1 Å². The number of benzene rings is 1. The van der Waals surface area contributed by atoms with Crippen molar-refractivity contribution in [1.29, 1.82) is 0 Å². The maximum atomic E-state index is 11.2. The summed E-state index contributed by atoms with van der Waals surface area (Å²) < 4.78 is 13.1. The topological polar surface area (TPSA) is 54.3 Å². The SMILES string of the molecule is C[C@H]1[C@H](OCc2ccccc2)[C@H]2N=C(N(C)C)S[C@H]2O[C@@H]1C(O)C1SCCCS1. The molecule has 2 fully saturated rings. The molecule has 1 unspecified atom stereocenters. The number of fused-ring (bicyclic) bond motifs is 1. The summed E-state index contributed by atoms with van der Waals surface area (Å²) in [4.78, 5) is 6.95. The predicted molar refractivity (Wildman–Crippen MR) is 125 cm³/mol. The Morgan fingerprint density at radius 1 is 1.24 bits per heavy atom. The zero-order valence-corrected chi connectivity index (χ0v) is 19.6. The highest BCUT2D eigenvalue weighted by Crippen LogP contribution is 2.44. The van der Waals surface area contributed by atoms with E-state index >= 15 is 0 Å². The van der Waals surface area contributed by atoms with E-state index in [1.54, 1.807) is 11.8 Å². The van der Waals surface area contributed by atoms with E-state index in [1.807, 2.05) is 60.7 Å². The maximum Gasteiger partial charge on any atom is 0.161 e. The van der Waals surface area contributed by atoms with Crippen molar-refractivity contribution in [2.75, 3.05) is 25.6 Å². The van der Waals surface area contributed by atoms with Crippen molar-refractivity contribution in [1.82, 2.24) is 4.90 Å². The van der Waals surface area contributed by atoms with Crippen LogP contribution >= 0.6 is 35.3 Å². The van der Waals surface area contributed by atoms with Crippen LogP contribution in [0, 0.1) is 5.92 Å². The number of aliphatic hydroxyl groups excluding tert-OH is 1. The first-order valence-corrected chi connectivity index (χ1v) is 13.2. The summed E-state index contributed by atoms with van der Waals surface area (Å²) in [6.07, 6.45) is 0.373. The van der Waals surface area contributed by atoms with Crippen LogP contribution in [0.2, 0.25) is 0 Å². The third-order valence-electron chi connectivity index (χ3n) is 5.56. The molecule has 0 amide bonds. The van der Waals surface area contributed by atoms with Gasteiger partial charge in [0.1, 0.15) is 17.6 Å². The Labute approximate surface area is 186 Å². The van der Waals surface area contributed by atoms with Gasteiger partial charge in [0.15, 0.2) is 5.17 Å². The molecule has 2 saturated heterocycles. The number of aliphatic hydroxyl groups is 1. The van der Waals surface area contributed by atoms with Gasteiger partial charge >= 0.3 is 0 Å². The fourth-order valence-corrected chi connectivity index (χ4v) is 8.07. The minimum atomic E-state index is -0.506. The standard InChI is InChI=1S/C21H30N2O3S3/c1-13-17(25-12-14-8-5-4-6-9-14)15-19(29-21(22-15)23(2)3)26-18(13)16(24)20-27-10-7-11-28-20/h4-6,8-9,13,15-20,24H,7,10-12H2,1-3H3/t13-,15+,16?,17-,18-,19+/m0/s1. The molecule has 8 heteroatoms. The van der Waals surface area contributed by atoms with Crippen molar-refractivity contribution in [2.24, 2.45) is 10.9 Å². The third-order valence-corrected chi connectivity index (χ3v) is 9.94. The molecule has 160 valence electrons. The molecule has 4 rings (SSSR count). The van der Waals surface area contributed by atoms with Gasteiger partial charge in [0.2, 0.25) is 0 Å². The van der Waals surface area contributed by atoms with Crippen LogP contribution in [-0.4, -0.2) is 75.1 Å². The molecule has 1 aromatic rings. The number of thioether (sulfide) groups is 3. The van der Waals surface area contributed by atoms with Gasteiger partial charge in [-0.25, -0.2) is 0 Å². The van der Waals surface area contributed by atoms with Crippen molar-refractivity contribution in [3.05, 3.63) is 35.9 Å². The van der Waals surface area contributed by atoms with Crippen LogP contribution in [0.5, 0.6) is 0 Å². The van der Waals surface area contributed by atoms with Crippen molar-refractivity contribution < 1.29 is 14.6 Å². The molecule has 1 N–H and O–H groups in total. The predicted octanol–water partition coefficient (Wildman–Crippen LogP) is 3.52. The Kier molecular flexibility index (Phi) is 7.40. The molecule has 3 aliphatic heterocycles. The second-order valence-electron chi connectivity index (χ2n) is 7.96. The van der Waals surface area contributed by atoms with E-state index in [9.17, 15) is 5.11 Å². The highest BCUT2D eigenvalue weighted by molar-refractivity contribution is 8.17. The van der Waals surface area contributed by atoms with Crippen LogP contribution in [0.4, 0.5) is 0 Å². The summed E-state index contributed by atoms with van der Waals surface area (Å²) in [7, 11) is 4.02. The van der Waals surface area contributed by atoms with Crippen molar-refractivity contribution in [3.63, 3.8) is 0 Å². The van der Waals surface area contributed by atoms with Gasteiger partial charge in [-0.15, -0.1) is 23.5 Å². The second-order valence-corrected chi connectivity index (χ2v) is 11.8. The largest absolute Gasteiger partial charge is 0.388 e. The maximum absolute atomic E-state index is 11.2. The first kappa shape index (κ1) is 21.8. The number of ether oxygens (including phenoxy) is 2. The molecule has 0 bridgehead atoms. The summed E-state index contributed by atoms with van der Waals surface area (Å²) in [5, 5.41) is 12.2. The summed E-state index contributed by atoms with van der Waals surface area (Å²) >= 11 is 5.36. The lowest BCUT2D eigenvalue weighted by molar-refractivity contribution is -0.165. The lowest BCUT2D eigenvalue weighted by Crippen LogP contribution is -2.56. The molecule has 0 spiro atoms. The lowest BCUT2D eigenvalue weighted by Gasteiger charge is -2.45. The van der Waals surface area contributed by atoms with E-state index in [4.69, 9.17) is 14.5 Å². The van der Waals surface area contributed by atoms with E-state index in [0.29, 0.717) is 6.61 Å². The van der Waals surface area contributed by atoms with E-state index in [1.165, 1.54) is 6.42 Å². The van der Waals surface area contributed by atoms with Crippen molar-refractivity contribution in [2.45, 2.75) is 54.3 Å². The molecule has 0 saturated carbocycles. The van der Waals surface area contributed by atoms with Gasteiger partial charge in [0.05, 0.1) is 23.4 Å². The highest BCUT2D eigenvalue weighted by atomic mass is 32.2. The van der Waals surface area contributed by atoms with Gasteiger partial charge in [-0.3, -0.25) is 4.99 Å². The fourth-order valence-electron chi connectivity index (χ4n) is 3.99. The van der Waals surface area contributed by atoms with E-state index < -0.39 is 6.10 Å². The molecule has 0 aromatic heterocycles. The third kappa shape index (κ3) is 4.93. The van der Waals surface area contributed by atoms with Gasteiger partial charge in [-0.2, -0.15) is 0 Å². The Bertz CT molecular complexity index is 700. The monoisotopic (exact) mass is 454 g/mol. The summed E-state index contributed by atoms with van der Waals surface area (Å²) in [6, 6.07) is 10.2. The Morgan fingerprint density at radius 2 is 1.97 bits per heavy atom. The highest BCUT2D eigenvalue weighted by Gasteiger charge is 2.51. The first-order chi connectivity index (χ1) is 14.0.